The number of carbonyl (C=O) groups is 1. The highest BCUT2D eigenvalue weighted by Crippen LogP contribution is 2.12. The molecular weight excluding hydrogens is 266 g/mol. The van der Waals surface area contributed by atoms with E-state index in [-0.39, 0.29) is 5.91 Å². The van der Waals surface area contributed by atoms with Crippen molar-refractivity contribution in [1.82, 2.24) is 5.32 Å². The van der Waals surface area contributed by atoms with Crippen LogP contribution in [0.1, 0.15) is 18.9 Å². The van der Waals surface area contributed by atoms with Crippen molar-refractivity contribution in [3.8, 4) is 0 Å². The van der Waals surface area contributed by atoms with Crippen molar-refractivity contribution in [1.29, 1.82) is 0 Å². The number of hydrogen-bond donors (Lipinski definition) is 1. The number of amides is 1. The second-order valence-corrected chi connectivity index (χ2v) is 4.78. The Balaban J connectivity index is 2.34. The molecule has 0 aromatic heterocycles. The van der Waals surface area contributed by atoms with Crippen molar-refractivity contribution < 1.29 is 4.79 Å². The van der Waals surface area contributed by atoms with Gasteiger partial charge in [0.15, 0.2) is 0 Å². The Morgan fingerprint density at radius 3 is 2.88 bits per heavy atom. The van der Waals surface area contributed by atoms with Gasteiger partial charge in [0.25, 0.3) is 0 Å². The van der Waals surface area contributed by atoms with E-state index in [1.807, 2.05) is 31.2 Å². The standard InChI is InChI=1S/C13H16BrNO/c1-10(2)9-15-13(16)7-6-11-4-3-5-12(14)8-11/h3-5,8H,1,6-7,9H2,2H3,(H,15,16). The molecule has 0 heterocycles. The number of carbonyl (C=O) groups excluding carboxylic acids is 1. The molecule has 0 aliphatic heterocycles. The first kappa shape index (κ1) is 13.0. The van der Waals surface area contributed by atoms with Crippen molar-refractivity contribution in [2.24, 2.45) is 0 Å². The van der Waals surface area contributed by atoms with Crippen LogP contribution in [0, 0.1) is 0 Å². The zero-order chi connectivity index (χ0) is 12.0. The number of aryl methyl sites for hydroxylation is 1. The van der Waals surface area contributed by atoms with E-state index < -0.39 is 0 Å². The summed E-state index contributed by atoms with van der Waals surface area (Å²) < 4.78 is 1.05. The summed E-state index contributed by atoms with van der Waals surface area (Å²) in [6.45, 7) is 6.20. The molecule has 0 spiro atoms. The Bertz CT molecular complexity index is 387. The molecule has 0 saturated carbocycles. The third kappa shape index (κ3) is 5.12. The average Bonchev–Trinajstić information content (AvgIpc) is 2.23. The van der Waals surface area contributed by atoms with E-state index in [9.17, 15) is 4.79 Å². The maximum atomic E-state index is 11.4. The van der Waals surface area contributed by atoms with Crippen molar-refractivity contribution in [2.45, 2.75) is 19.8 Å². The molecule has 0 aliphatic carbocycles. The van der Waals surface area contributed by atoms with E-state index in [0.29, 0.717) is 13.0 Å². The van der Waals surface area contributed by atoms with Crippen LogP contribution in [0.15, 0.2) is 40.9 Å². The molecule has 0 bridgehead atoms. The summed E-state index contributed by atoms with van der Waals surface area (Å²) in [5.74, 6) is 0.0722. The summed E-state index contributed by atoms with van der Waals surface area (Å²) in [5, 5.41) is 2.82. The predicted molar refractivity (Wildman–Crippen MR) is 70.3 cm³/mol. The molecule has 16 heavy (non-hydrogen) atoms. The van der Waals surface area contributed by atoms with Crippen LogP contribution in [0.2, 0.25) is 0 Å². The molecule has 0 aliphatic rings. The minimum atomic E-state index is 0.0722. The molecule has 1 amide bonds. The SMILES string of the molecule is C=C(C)CNC(=O)CCc1cccc(Br)c1. The summed E-state index contributed by atoms with van der Waals surface area (Å²) in [7, 11) is 0. The Kier molecular flexibility index (Phi) is 5.26. The molecule has 1 N–H and O–H groups in total. The first-order valence-electron chi connectivity index (χ1n) is 5.23. The van der Waals surface area contributed by atoms with Gasteiger partial charge >= 0.3 is 0 Å². The molecule has 1 aromatic rings. The van der Waals surface area contributed by atoms with Crippen molar-refractivity contribution in [2.75, 3.05) is 6.54 Å². The number of rotatable bonds is 5. The molecule has 1 aromatic carbocycles. The lowest BCUT2D eigenvalue weighted by atomic mass is 10.1. The normalized spacial score (nSPS) is 9.88. The maximum Gasteiger partial charge on any atom is 0.220 e. The largest absolute Gasteiger partial charge is 0.352 e. The second-order valence-electron chi connectivity index (χ2n) is 3.86. The minimum absolute atomic E-state index is 0.0722. The number of nitrogens with one attached hydrogen (secondary N) is 1. The third-order valence-corrected chi connectivity index (χ3v) is 2.61. The van der Waals surface area contributed by atoms with Crippen molar-refractivity contribution >= 4 is 21.8 Å². The number of hydrogen-bond acceptors (Lipinski definition) is 1. The summed E-state index contributed by atoms with van der Waals surface area (Å²) in [6.07, 6.45) is 1.28. The average molecular weight is 282 g/mol. The van der Waals surface area contributed by atoms with Gasteiger partial charge in [0.1, 0.15) is 0 Å². The lowest BCUT2D eigenvalue weighted by Crippen LogP contribution is -2.24. The fraction of sp³-hybridized carbons (Fsp3) is 0.308. The summed E-state index contributed by atoms with van der Waals surface area (Å²) >= 11 is 3.41. The quantitative estimate of drug-likeness (QED) is 0.826. The third-order valence-electron chi connectivity index (χ3n) is 2.12. The van der Waals surface area contributed by atoms with E-state index in [2.05, 4.69) is 27.8 Å². The fourth-order valence-electron chi connectivity index (χ4n) is 1.29. The Morgan fingerprint density at radius 1 is 1.50 bits per heavy atom. The molecule has 0 radical (unpaired) electrons. The van der Waals surface area contributed by atoms with Crippen molar-refractivity contribution in [3.63, 3.8) is 0 Å². The summed E-state index contributed by atoms with van der Waals surface area (Å²) in [4.78, 5) is 11.4. The van der Waals surface area contributed by atoms with Gasteiger partial charge < -0.3 is 5.32 Å². The monoisotopic (exact) mass is 281 g/mol. The molecule has 2 nitrogen and oxygen atoms in total. The Morgan fingerprint density at radius 2 is 2.25 bits per heavy atom. The van der Waals surface area contributed by atoms with Gasteiger partial charge in [-0.1, -0.05) is 40.2 Å². The highest BCUT2D eigenvalue weighted by atomic mass is 79.9. The fourth-order valence-corrected chi connectivity index (χ4v) is 1.73. The van der Waals surface area contributed by atoms with Gasteiger partial charge in [-0.3, -0.25) is 4.79 Å². The first-order chi connectivity index (χ1) is 7.58. The van der Waals surface area contributed by atoms with E-state index in [1.54, 1.807) is 0 Å². The van der Waals surface area contributed by atoms with Crippen LogP contribution in [0.25, 0.3) is 0 Å². The van der Waals surface area contributed by atoms with Crippen LogP contribution < -0.4 is 5.32 Å². The van der Waals surface area contributed by atoms with E-state index in [1.165, 1.54) is 5.56 Å². The van der Waals surface area contributed by atoms with Crippen molar-refractivity contribution in [3.05, 3.63) is 46.5 Å². The van der Waals surface area contributed by atoms with Crippen LogP contribution >= 0.6 is 15.9 Å². The van der Waals surface area contributed by atoms with Crippen LogP contribution in [0.3, 0.4) is 0 Å². The van der Waals surface area contributed by atoms with Gasteiger partial charge in [-0.15, -0.1) is 0 Å². The molecular formula is C13H16BrNO. The Hall–Kier alpha value is -1.09. The molecule has 0 fully saturated rings. The van der Waals surface area contributed by atoms with E-state index in [0.717, 1.165) is 16.5 Å². The first-order valence-corrected chi connectivity index (χ1v) is 6.03. The van der Waals surface area contributed by atoms with Crippen LogP contribution in [0.4, 0.5) is 0 Å². The van der Waals surface area contributed by atoms with Gasteiger partial charge in [-0.05, 0) is 31.0 Å². The highest BCUT2D eigenvalue weighted by molar-refractivity contribution is 9.10. The van der Waals surface area contributed by atoms with Gasteiger partial charge in [0, 0.05) is 17.4 Å². The molecule has 1 rings (SSSR count). The van der Waals surface area contributed by atoms with Crippen LogP contribution in [0.5, 0.6) is 0 Å². The number of halogens is 1. The van der Waals surface area contributed by atoms with E-state index in [4.69, 9.17) is 0 Å². The van der Waals surface area contributed by atoms with Crippen LogP contribution in [-0.2, 0) is 11.2 Å². The van der Waals surface area contributed by atoms with Gasteiger partial charge in [0.2, 0.25) is 5.91 Å². The lowest BCUT2D eigenvalue weighted by molar-refractivity contribution is -0.120. The number of benzene rings is 1. The highest BCUT2D eigenvalue weighted by Gasteiger charge is 2.01. The van der Waals surface area contributed by atoms with Gasteiger partial charge in [0.05, 0.1) is 0 Å². The zero-order valence-electron chi connectivity index (χ0n) is 9.42. The second kappa shape index (κ2) is 6.48. The Labute approximate surface area is 105 Å². The summed E-state index contributed by atoms with van der Waals surface area (Å²) in [5.41, 5.74) is 2.13. The molecule has 86 valence electrons. The minimum Gasteiger partial charge on any atom is -0.352 e. The zero-order valence-corrected chi connectivity index (χ0v) is 11.0. The van der Waals surface area contributed by atoms with Crippen LogP contribution in [-0.4, -0.2) is 12.5 Å². The topological polar surface area (TPSA) is 29.1 Å². The maximum absolute atomic E-state index is 11.4. The lowest BCUT2D eigenvalue weighted by Gasteiger charge is -2.05. The van der Waals surface area contributed by atoms with Gasteiger partial charge in [-0.2, -0.15) is 0 Å². The van der Waals surface area contributed by atoms with E-state index >= 15 is 0 Å². The molecule has 0 saturated heterocycles. The smallest absolute Gasteiger partial charge is 0.220 e. The molecule has 0 unspecified atom stereocenters. The summed E-state index contributed by atoms with van der Waals surface area (Å²) in [6, 6.07) is 8.01. The molecule has 3 heteroatoms. The van der Waals surface area contributed by atoms with Gasteiger partial charge in [-0.25, -0.2) is 0 Å². The predicted octanol–water partition coefficient (Wildman–Crippen LogP) is 3.07. The molecule has 0 atom stereocenters.